The van der Waals surface area contributed by atoms with E-state index in [9.17, 15) is 4.79 Å². The van der Waals surface area contributed by atoms with Gasteiger partial charge in [0, 0.05) is 29.1 Å². The van der Waals surface area contributed by atoms with Crippen molar-refractivity contribution in [1.82, 2.24) is 5.32 Å². The van der Waals surface area contributed by atoms with Crippen LogP contribution >= 0.6 is 23.2 Å². The zero-order chi connectivity index (χ0) is 24.5. The maximum Gasteiger partial charge on any atom is 0.226 e. The van der Waals surface area contributed by atoms with Gasteiger partial charge in [-0.15, -0.1) is 0 Å². The standard InChI is InChI=1S/C27H31Cl2NO4/c1-16(34-15-32-4)14-33-20-9-10-21(23(29)13-20)22-11-12-27(3)25(17(2)30-26(27)31)24(22)18-5-7-19(28)8-6-18/h5-10,13,17,22,24-25H,1,11-12,14-15H2,2-4H3,(H,30,31)/t17-,22+,24+,25+,27-/m1/s1. The van der Waals surface area contributed by atoms with Gasteiger partial charge in [0.25, 0.3) is 0 Å². The normalized spacial score (nSPS) is 28.2. The Kier molecular flexibility index (Phi) is 7.46. The number of methoxy groups -OCH3 is 1. The smallest absolute Gasteiger partial charge is 0.226 e. The van der Waals surface area contributed by atoms with Gasteiger partial charge in [-0.1, -0.05) is 54.9 Å². The van der Waals surface area contributed by atoms with E-state index < -0.39 is 5.41 Å². The molecule has 7 heteroatoms. The fourth-order valence-corrected chi connectivity index (χ4v) is 6.19. The second-order valence-electron chi connectivity index (χ2n) is 9.49. The minimum atomic E-state index is -0.404. The Morgan fingerprint density at radius 3 is 2.62 bits per heavy atom. The summed E-state index contributed by atoms with van der Waals surface area (Å²) < 4.78 is 16.0. The highest BCUT2D eigenvalue weighted by Gasteiger charge is 2.57. The van der Waals surface area contributed by atoms with E-state index in [2.05, 4.69) is 37.9 Å². The summed E-state index contributed by atoms with van der Waals surface area (Å²) in [5.74, 6) is 1.70. The molecule has 2 aliphatic rings. The van der Waals surface area contributed by atoms with Crippen LogP contribution in [0.1, 0.15) is 49.7 Å². The Morgan fingerprint density at radius 2 is 1.94 bits per heavy atom. The number of nitrogens with one attached hydrogen (secondary N) is 1. The van der Waals surface area contributed by atoms with Crippen LogP contribution in [0.15, 0.2) is 54.8 Å². The number of rotatable bonds is 8. The highest BCUT2D eigenvalue weighted by atomic mass is 35.5. The van der Waals surface area contributed by atoms with Crippen molar-refractivity contribution >= 4 is 29.1 Å². The summed E-state index contributed by atoms with van der Waals surface area (Å²) in [6.07, 6.45) is 1.68. The van der Waals surface area contributed by atoms with Gasteiger partial charge in [0.2, 0.25) is 5.91 Å². The fourth-order valence-electron chi connectivity index (χ4n) is 5.76. The van der Waals surface area contributed by atoms with Gasteiger partial charge in [-0.2, -0.15) is 0 Å². The van der Waals surface area contributed by atoms with Gasteiger partial charge in [0.1, 0.15) is 18.1 Å². The highest BCUT2D eigenvalue weighted by molar-refractivity contribution is 6.31. The fraction of sp³-hybridized carbons (Fsp3) is 0.444. The number of carbonyl (C=O) groups is 1. The molecule has 1 aliphatic heterocycles. The van der Waals surface area contributed by atoms with Gasteiger partial charge in [-0.3, -0.25) is 4.79 Å². The van der Waals surface area contributed by atoms with E-state index in [0.29, 0.717) is 21.6 Å². The SMILES string of the molecule is C=C(COc1ccc([C@@H]2CC[C@@]3(C)C(=O)N[C@H](C)[C@H]3[C@H]2c2ccc(Cl)cc2)c(Cl)c1)OCOC. The number of ether oxygens (including phenoxy) is 3. The Labute approximate surface area is 211 Å². The molecule has 1 N–H and O–H groups in total. The molecule has 0 unspecified atom stereocenters. The summed E-state index contributed by atoms with van der Waals surface area (Å²) in [6, 6.07) is 13.9. The lowest BCUT2D eigenvalue weighted by Gasteiger charge is -2.46. The first kappa shape index (κ1) is 24.9. The third kappa shape index (κ3) is 4.79. The molecule has 1 saturated carbocycles. The van der Waals surface area contributed by atoms with Gasteiger partial charge >= 0.3 is 0 Å². The summed E-state index contributed by atoms with van der Waals surface area (Å²) in [5, 5.41) is 4.55. The summed E-state index contributed by atoms with van der Waals surface area (Å²) >= 11 is 13.0. The van der Waals surface area contributed by atoms with E-state index in [1.54, 1.807) is 7.11 Å². The molecule has 1 aliphatic carbocycles. The molecule has 5 nitrogen and oxygen atoms in total. The summed E-state index contributed by atoms with van der Waals surface area (Å²) in [6.45, 7) is 8.37. The van der Waals surface area contributed by atoms with Crippen LogP contribution < -0.4 is 10.1 Å². The third-order valence-electron chi connectivity index (χ3n) is 7.35. The first-order valence-corrected chi connectivity index (χ1v) is 12.3. The van der Waals surface area contributed by atoms with E-state index in [-0.39, 0.29) is 43.1 Å². The number of hydrogen-bond acceptors (Lipinski definition) is 4. The van der Waals surface area contributed by atoms with Crippen molar-refractivity contribution in [3.8, 4) is 5.75 Å². The second kappa shape index (κ2) is 10.2. The van der Waals surface area contributed by atoms with Crippen molar-refractivity contribution in [3.63, 3.8) is 0 Å². The quantitative estimate of drug-likeness (QED) is 0.338. The number of hydrogen-bond donors (Lipinski definition) is 1. The number of benzene rings is 2. The van der Waals surface area contributed by atoms with Crippen LogP contribution in [0.3, 0.4) is 0 Å². The van der Waals surface area contributed by atoms with Crippen molar-refractivity contribution in [2.45, 2.75) is 44.6 Å². The monoisotopic (exact) mass is 503 g/mol. The predicted octanol–water partition coefficient (Wildman–Crippen LogP) is 6.31. The first-order valence-electron chi connectivity index (χ1n) is 11.5. The van der Waals surface area contributed by atoms with Crippen LogP contribution in [-0.4, -0.2) is 32.5 Å². The van der Waals surface area contributed by atoms with Crippen molar-refractivity contribution < 1.29 is 19.0 Å². The Hall–Kier alpha value is -2.21. The molecule has 34 heavy (non-hydrogen) atoms. The van der Waals surface area contributed by atoms with Gasteiger partial charge in [0.15, 0.2) is 6.79 Å². The summed E-state index contributed by atoms with van der Waals surface area (Å²) in [5.41, 5.74) is 1.84. The lowest BCUT2D eigenvalue weighted by molar-refractivity contribution is -0.129. The molecule has 0 spiro atoms. The molecular formula is C27H31Cl2NO4. The van der Waals surface area contributed by atoms with Crippen LogP contribution in [0.2, 0.25) is 10.0 Å². The minimum absolute atomic E-state index is 0.0699. The van der Waals surface area contributed by atoms with E-state index in [4.69, 9.17) is 37.4 Å². The van der Waals surface area contributed by atoms with Gasteiger partial charge in [-0.05, 0) is 67.0 Å². The van der Waals surface area contributed by atoms with Crippen molar-refractivity contribution in [2.75, 3.05) is 20.5 Å². The molecule has 1 amide bonds. The molecule has 2 aromatic rings. The number of halogens is 2. The average molecular weight is 504 g/mol. The molecule has 0 bridgehead atoms. The number of carbonyl (C=O) groups excluding carboxylic acids is 1. The van der Waals surface area contributed by atoms with Crippen LogP contribution in [0, 0.1) is 11.3 Å². The van der Waals surface area contributed by atoms with E-state index in [1.807, 2.05) is 30.3 Å². The largest absolute Gasteiger partial charge is 0.486 e. The van der Waals surface area contributed by atoms with Gasteiger partial charge in [0.05, 0.1) is 5.41 Å². The van der Waals surface area contributed by atoms with Crippen LogP contribution in [-0.2, 0) is 14.3 Å². The molecule has 0 aromatic heterocycles. The summed E-state index contributed by atoms with van der Waals surface area (Å²) in [7, 11) is 1.55. The Morgan fingerprint density at radius 1 is 1.21 bits per heavy atom. The lowest BCUT2D eigenvalue weighted by Crippen LogP contribution is -2.42. The molecule has 0 radical (unpaired) electrons. The highest BCUT2D eigenvalue weighted by Crippen LogP contribution is 2.59. The van der Waals surface area contributed by atoms with Crippen LogP contribution in [0.25, 0.3) is 0 Å². The third-order valence-corrected chi connectivity index (χ3v) is 7.93. The topological polar surface area (TPSA) is 56.8 Å². The van der Waals surface area contributed by atoms with Crippen LogP contribution in [0.4, 0.5) is 0 Å². The van der Waals surface area contributed by atoms with Crippen molar-refractivity contribution in [3.05, 3.63) is 76.0 Å². The van der Waals surface area contributed by atoms with E-state index in [1.165, 1.54) is 5.56 Å². The molecule has 4 rings (SSSR count). The van der Waals surface area contributed by atoms with Gasteiger partial charge < -0.3 is 19.5 Å². The minimum Gasteiger partial charge on any atom is -0.486 e. The average Bonchev–Trinajstić information content (AvgIpc) is 3.04. The Bertz CT molecular complexity index is 1060. The molecule has 5 atom stereocenters. The molecule has 1 heterocycles. The zero-order valence-electron chi connectivity index (χ0n) is 19.8. The molecular weight excluding hydrogens is 473 g/mol. The van der Waals surface area contributed by atoms with E-state index >= 15 is 0 Å². The summed E-state index contributed by atoms with van der Waals surface area (Å²) in [4.78, 5) is 12.9. The van der Waals surface area contributed by atoms with E-state index in [0.717, 1.165) is 18.4 Å². The molecule has 182 valence electrons. The maximum atomic E-state index is 12.9. The predicted molar refractivity (Wildman–Crippen MR) is 134 cm³/mol. The second-order valence-corrected chi connectivity index (χ2v) is 10.3. The van der Waals surface area contributed by atoms with Gasteiger partial charge in [-0.25, -0.2) is 0 Å². The molecule has 2 aromatic carbocycles. The van der Waals surface area contributed by atoms with Crippen LogP contribution in [0.5, 0.6) is 5.75 Å². The number of amides is 1. The number of fused-ring (bicyclic) bond motifs is 1. The first-order chi connectivity index (χ1) is 16.2. The van der Waals surface area contributed by atoms with Crippen molar-refractivity contribution in [2.24, 2.45) is 11.3 Å². The molecule has 2 fully saturated rings. The maximum absolute atomic E-state index is 12.9. The molecule has 1 saturated heterocycles. The van der Waals surface area contributed by atoms with Crippen molar-refractivity contribution in [1.29, 1.82) is 0 Å². The zero-order valence-corrected chi connectivity index (χ0v) is 21.3. The lowest BCUT2D eigenvalue weighted by atomic mass is 9.56. The Balaban J connectivity index is 1.63.